The van der Waals surface area contributed by atoms with Crippen LogP contribution in [0.5, 0.6) is 0 Å². The van der Waals surface area contributed by atoms with Gasteiger partial charge in [-0.25, -0.2) is 0 Å². The average Bonchev–Trinajstić information content (AvgIpc) is 3.55. The van der Waals surface area contributed by atoms with Crippen LogP contribution in [0.25, 0.3) is 66.4 Å². The molecule has 0 aromatic heterocycles. The van der Waals surface area contributed by atoms with E-state index in [0.29, 0.717) is 0 Å². The van der Waals surface area contributed by atoms with E-state index >= 15 is 0 Å². The summed E-state index contributed by atoms with van der Waals surface area (Å²) >= 11 is 5.28. The molecule has 62 heavy (non-hydrogen) atoms. The van der Waals surface area contributed by atoms with Crippen LogP contribution >= 0.6 is 24.4 Å². The minimum Gasteiger partial charge on any atom is -0.370 e. The normalized spacial score (nSPS) is 15.8. The zero-order chi connectivity index (χ0) is 42.8. The van der Waals surface area contributed by atoms with Crippen LogP contribution in [-0.4, -0.2) is 13.3 Å². The predicted octanol–water partition coefficient (Wildman–Crippen LogP) is 16.0. The third-order valence-corrected chi connectivity index (χ3v) is 13.3. The largest absolute Gasteiger partial charge is 0.370 e. The van der Waals surface area contributed by atoms with Gasteiger partial charge in [-0.3, -0.25) is 0 Å². The smallest absolute Gasteiger partial charge is 0.102 e. The highest BCUT2D eigenvalue weighted by Gasteiger charge is 2.35. The minimum absolute atomic E-state index is 0.0340. The minimum atomic E-state index is -0.0340. The number of thioether (sulfide) groups is 1. The molecule has 2 nitrogen and oxygen atoms in total. The molecule has 0 radical (unpaired) electrons. The van der Waals surface area contributed by atoms with Crippen LogP contribution in [0.3, 0.4) is 0 Å². The van der Waals surface area contributed by atoms with Gasteiger partial charge in [-0.1, -0.05) is 172 Å². The van der Waals surface area contributed by atoms with E-state index in [2.05, 4.69) is 238 Å². The summed E-state index contributed by atoms with van der Waals surface area (Å²) in [6, 6.07) is 65.0. The van der Waals surface area contributed by atoms with Gasteiger partial charge in [-0.05, 0) is 132 Å². The quantitative estimate of drug-likeness (QED) is 0.156. The molecule has 1 aliphatic heterocycles. The van der Waals surface area contributed by atoms with E-state index in [0.717, 1.165) is 17.1 Å². The second-order valence-corrected chi connectivity index (χ2v) is 17.4. The Balaban J connectivity index is 0.00000242. The lowest BCUT2D eigenvalue weighted by atomic mass is 9.81. The molecule has 1 unspecified atom stereocenters. The molecule has 0 saturated heterocycles. The highest BCUT2D eigenvalue weighted by molar-refractivity contribution is 8.02. The van der Waals surface area contributed by atoms with E-state index in [1.807, 2.05) is 12.2 Å². The van der Waals surface area contributed by atoms with Crippen molar-refractivity contribution < 1.29 is 0 Å². The Morgan fingerprint density at radius 1 is 0.532 bits per heavy atom. The summed E-state index contributed by atoms with van der Waals surface area (Å²) in [6.07, 6.45) is 7.78. The number of hydrogen-bond acceptors (Lipinski definition) is 4. The first-order valence-corrected chi connectivity index (χ1v) is 23.0. The fourth-order valence-corrected chi connectivity index (χ4v) is 9.84. The van der Waals surface area contributed by atoms with Gasteiger partial charge in [0.25, 0.3) is 0 Å². The van der Waals surface area contributed by atoms with E-state index in [-0.39, 0.29) is 10.8 Å². The Labute approximate surface area is 376 Å². The third-order valence-electron chi connectivity index (χ3n) is 12.4. The van der Waals surface area contributed by atoms with Crippen molar-refractivity contribution in [3.63, 3.8) is 0 Å². The molecule has 1 aliphatic carbocycles. The summed E-state index contributed by atoms with van der Waals surface area (Å²) < 4.78 is 0. The molecule has 8 aromatic carbocycles. The molecule has 1 heterocycles. The molecular weight excluding hydrogens is 789 g/mol. The Kier molecular flexibility index (Phi) is 11.5. The molecule has 4 heteroatoms. The molecule has 0 fully saturated rings. The molecule has 0 amide bonds. The van der Waals surface area contributed by atoms with Crippen LogP contribution in [0.4, 0.5) is 11.4 Å². The number of fused-ring (bicyclic) bond motifs is 4. The van der Waals surface area contributed by atoms with E-state index in [1.54, 1.807) is 18.0 Å². The number of thiol groups is 1. The second-order valence-electron chi connectivity index (χ2n) is 16.4. The van der Waals surface area contributed by atoms with E-state index in [4.69, 9.17) is 0 Å². The van der Waals surface area contributed by atoms with Crippen LogP contribution in [0, 0.1) is 0 Å². The maximum Gasteiger partial charge on any atom is 0.102 e. The Bertz CT molecular complexity index is 2990. The molecule has 0 spiro atoms. The van der Waals surface area contributed by atoms with Gasteiger partial charge in [0.05, 0.1) is 0 Å². The van der Waals surface area contributed by atoms with Gasteiger partial charge in [-0.2, -0.15) is 12.6 Å². The van der Waals surface area contributed by atoms with Gasteiger partial charge in [0, 0.05) is 35.1 Å². The van der Waals surface area contributed by atoms with E-state index < -0.39 is 0 Å². The van der Waals surface area contributed by atoms with Gasteiger partial charge in [0.2, 0.25) is 0 Å². The van der Waals surface area contributed by atoms with E-state index in [1.165, 1.54) is 83.1 Å². The first-order valence-electron chi connectivity index (χ1n) is 21.1. The van der Waals surface area contributed by atoms with Crippen LogP contribution in [0.15, 0.2) is 212 Å². The van der Waals surface area contributed by atoms with Gasteiger partial charge in [0.1, 0.15) is 5.37 Å². The number of nitrogens with zero attached hydrogens (tertiary/aromatic N) is 1. The fraction of sp³-hybridized carbons (Fsp3) is 0.103. The average molecular weight is 839 g/mol. The lowest BCUT2D eigenvalue weighted by Crippen LogP contribution is -2.16. The molecule has 10 rings (SSSR count). The van der Waals surface area contributed by atoms with Crippen molar-refractivity contribution in [1.29, 1.82) is 0 Å². The van der Waals surface area contributed by atoms with Crippen molar-refractivity contribution in [1.82, 2.24) is 5.32 Å². The zero-order valence-electron chi connectivity index (χ0n) is 35.6. The van der Waals surface area contributed by atoms with Crippen molar-refractivity contribution in [2.24, 2.45) is 0 Å². The van der Waals surface area contributed by atoms with Crippen LogP contribution < -0.4 is 10.2 Å². The molecule has 8 aromatic rings. The summed E-state index contributed by atoms with van der Waals surface area (Å²) in [5, 5.41) is 8.23. The molecule has 1 atom stereocenters. The van der Waals surface area contributed by atoms with Crippen LogP contribution in [0.1, 0.15) is 35.9 Å². The summed E-state index contributed by atoms with van der Waals surface area (Å²) in [5.74, 6) is 0. The monoisotopic (exact) mass is 838 g/mol. The number of hydrogen-bond donors (Lipinski definition) is 2. The predicted molar refractivity (Wildman–Crippen MR) is 274 cm³/mol. The third kappa shape index (κ3) is 7.93. The standard InChI is InChI=1S/C57H46N2S.CH4S/c1-38-12-9-10-33-60-56(58-38)43-25-21-41(22-26-43)47-29-32-55(59(4)49-30-27-39-13-5-6-14-46(39)35-49)52(36-47)42-23-19-40(20-24-42)44-15-11-16-45(34-44)48-28-31-51-50-17-7-8-18-53(50)57(2,3)54(51)37-48;1-2/h5-37,56,58H,1H2,2-4H3;2H,1H3/b12-9-,33-10-;. The summed E-state index contributed by atoms with van der Waals surface area (Å²) in [4.78, 5) is 2.31. The summed E-state index contributed by atoms with van der Waals surface area (Å²) in [6.45, 7) is 8.86. The van der Waals surface area contributed by atoms with Gasteiger partial charge < -0.3 is 10.2 Å². The zero-order valence-corrected chi connectivity index (χ0v) is 37.4. The van der Waals surface area contributed by atoms with Gasteiger partial charge >= 0.3 is 0 Å². The molecular formula is C58H50N2S2. The van der Waals surface area contributed by atoms with Crippen LogP contribution in [-0.2, 0) is 5.41 Å². The SMILES string of the molecule is C=C1/C=C\C=C/SC(c2ccc(-c3ccc(N(C)c4ccc5ccccc5c4)c(-c4ccc(-c5cccc(-c6ccc7c(c6)C(C)(C)c6ccccc6-7)c5)cc4)c3)cc2)N1.CS. The Morgan fingerprint density at radius 2 is 1.15 bits per heavy atom. The number of rotatable bonds is 7. The Morgan fingerprint density at radius 3 is 1.94 bits per heavy atom. The first kappa shape index (κ1) is 40.9. The van der Waals surface area contributed by atoms with Crippen molar-refractivity contribution >= 4 is 46.5 Å². The second kappa shape index (κ2) is 17.5. The highest BCUT2D eigenvalue weighted by atomic mass is 32.2. The molecule has 2 aliphatic rings. The Hall–Kier alpha value is -6.46. The van der Waals surface area contributed by atoms with Crippen LogP contribution in [0.2, 0.25) is 0 Å². The molecule has 1 N–H and O–H groups in total. The maximum absolute atomic E-state index is 4.16. The molecule has 0 saturated carbocycles. The van der Waals surface area contributed by atoms with Crippen molar-refractivity contribution in [3.8, 4) is 55.6 Å². The topological polar surface area (TPSA) is 15.3 Å². The van der Waals surface area contributed by atoms with Gasteiger partial charge in [-0.15, -0.1) is 11.8 Å². The van der Waals surface area contributed by atoms with Crippen molar-refractivity contribution in [2.75, 3.05) is 18.2 Å². The highest BCUT2D eigenvalue weighted by Crippen LogP contribution is 2.49. The first-order chi connectivity index (χ1) is 30.3. The summed E-state index contributed by atoms with van der Waals surface area (Å²) in [5.41, 5.74) is 19.5. The van der Waals surface area contributed by atoms with Crippen molar-refractivity contribution in [2.45, 2.75) is 24.6 Å². The molecule has 304 valence electrons. The number of allylic oxidation sites excluding steroid dienone is 3. The lowest BCUT2D eigenvalue weighted by Gasteiger charge is -2.24. The van der Waals surface area contributed by atoms with Gasteiger partial charge in [0.15, 0.2) is 0 Å². The fourth-order valence-electron chi connectivity index (χ4n) is 8.97. The van der Waals surface area contributed by atoms with Crippen molar-refractivity contribution in [3.05, 3.63) is 229 Å². The van der Waals surface area contributed by atoms with E-state index in [9.17, 15) is 0 Å². The molecule has 0 bridgehead atoms. The number of anilines is 2. The summed E-state index contributed by atoms with van der Waals surface area (Å²) in [7, 11) is 2.17. The maximum atomic E-state index is 4.16. The number of nitrogens with one attached hydrogen (secondary N) is 1. The lowest BCUT2D eigenvalue weighted by molar-refractivity contribution is 0.660. The number of benzene rings is 8.